The van der Waals surface area contributed by atoms with Crippen molar-refractivity contribution in [2.45, 2.75) is 19.0 Å². The zero-order chi connectivity index (χ0) is 23.5. The molecule has 0 radical (unpaired) electrons. The molecule has 0 saturated heterocycles. The van der Waals surface area contributed by atoms with E-state index in [1.54, 1.807) is 21.3 Å². The molecule has 1 unspecified atom stereocenters. The van der Waals surface area contributed by atoms with E-state index in [1.165, 1.54) is 16.7 Å². The smallest absolute Gasteiger partial charge is 0.241 e. The van der Waals surface area contributed by atoms with Gasteiger partial charge in [-0.05, 0) is 59.5 Å². The lowest BCUT2D eigenvalue weighted by Gasteiger charge is -2.37. The molecule has 0 bridgehead atoms. The molecule has 7 nitrogen and oxygen atoms in total. The monoisotopic (exact) mass is 457 g/mol. The van der Waals surface area contributed by atoms with Crippen LogP contribution in [-0.2, 0) is 13.0 Å². The van der Waals surface area contributed by atoms with Gasteiger partial charge in [-0.15, -0.1) is 0 Å². The summed E-state index contributed by atoms with van der Waals surface area (Å²) in [5.41, 5.74) is 4.54. The van der Waals surface area contributed by atoms with E-state index < -0.39 is 0 Å². The van der Waals surface area contributed by atoms with Crippen molar-refractivity contribution in [1.82, 2.24) is 15.0 Å². The fourth-order valence-corrected chi connectivity index (χ4v) is 4.54. The molecule has 1 aliphatic heterocycles. The van der Waals surface area contributed by atoms with E-state index in [9.17, 15) is 0 Å². The highest BCUT2D eigenvalue weighted by Crippen LogP contribution is 2.41. The van der Waals surface area contributed by atoms with Gasteiger partial charge in [-0.3, -0.25) is 4.90 Å². The number of fused-ring (bicyclic) bond motifs is 1. The highest BCUT2D eigenvalue weighted by molar-refractivity contribution is 5.55. The number of rotatable bonds is 7. The van der Waals surface area contributed by atoms with E-state index in [1.807, 2.05) is 30.3 Å². The summed E-state index contributed by atoms with van der Waals surface area (Å²) in [7, 11) is 4.98. The van der Waals surface area contributed by atoms with Crippen LogP contribution >= 0.6 is 0 Å². The standard InChI is InChI=1S/C27H27N3O4/c1-31-21-11-9-19(10-12-21)27-28-25(34-29-27)17-30-14-13-20-15-23(32-2)24(33-3)16-22(20)26(30)18-7-5-4-6-8-18/h4-12,15-16,26H,13-14,17H2,1-3H3. The molecule has 1 aliphatic rings. The summed E-state index contributed by atoms with van der Waals surface area (Å²) in [6, 6.07) is 22.3. The minimum absolute atomic E-state index is 0.0288. The van der Waals surface area contributed by atoms with Gasteiger partial charge in [0.2, 0.25) is 11.7 Å². The van der Waals surface area contributed by atoms with Gasteiger partial charge in [0.05, 0.1) is 33.9 Å². The number of hydrogen-bond acceptors (Lipinski definition) is 7. The summed E-state index contributed by atoms with van der Waals surface area (Å²) in [4.78, 5) is 7.04. The predicted molar refractivity (Wildman–Crippen MR) is 128 cm³/mol. The lowest BCUT2D eigenvalue weighted by molar-refractivity contribution is 0.177. The Bertz CT molecular complexity index is 1250. The molecule has 0 aliphatic carbocycles. The number of methoxy groups -OCH3 is 3. The Morgan fingerprint density at radius 3 is 2.35 bits per heavy atom. The minimum Gasteiger partial charge on any atom is -0.497 e. The average Bonchev–Trinajstić information content (AvgIpc) is 3.36. The molecule has 174 valence electrons. The van der Waals surface area contributed by atoms with Crippen LogP contribution in [0, 0.1) is 0 Å². The fraction of sp³-hybridized carbons (Fsp3) is 0.259. The quantitative estimate of drug-likeness (QED) is 0.391. The Labute approximate surface area is 198 Å². The van der Waals surface area contributed by atoms with E-state index in [0.29, 0.717) is 18.3 Å². The third kappa shape index (κ3) is 4.22. The van der Waals surface area contributed by atoms with Crippen LogP contribution in [0.4, 0.5) is 0 Å². The number of nitrogens with zero attached hydrogens (tertiary/aromatic N) is 3. The molecular weight excluding hydrogens is 430 g/mol. The van der Waals surface area contributed by atoms with Crippen molar-refractivity contribution in [3.05, 3.63) is 89.3 Å². The Morgan fingerprint density at radius 1 is 0.912 bits per heavy atom. The number of aromatic nitrogens is 2. The lowest BCUT2D eigenvalue weighted by atomic mass is 9.87. The Morgan fingerprint density at radius 2 is 1.65 bits per heavy atom. The van der Waals surface area contributed by atoms with Crippen LogP contribution in [0.5, 0.6) is 17.2 Å². The van der Waals surface area contributed by atoms with Crippen LogP contribution in [0.25, 0.3) is 11.4 Å². The first-order chi connectivity index (χ1) is 16.7. The highest BCUT2D eigenvalue weighted by atomic mass is 16.5. The van der Waals surface area contributed by atoms with Crippen LogP contribution in [0.1, 0.15) is 28.6 Å². The predicted octanol–water partition coefficient (Wildman–Crippen LogP) is 4.91. The van der Waals surface area contributed by atoms with Crippen molar-refractivity contribution in [3.8, 4) is 28.6 Å². The molecular formula is C27H27N3O4. The van der Waals surface area contributed by atoms with E-state index in [-0.39, 0.29) is 6.04 Å². The average molecular weight is 458 g/mol. The molecule has 1 atom stereocenters. The number of benzene rings is 3. The van der Waals surface area contributed by atoms with Gasteiger partial charge in [-0.2, -0.15) is 4.98 Å². The number of hydrogen-bond donors (Lipinski definition) is 0. The van der Waals surface area contributed by atoms with Gasteiger partial charge in [0.15, 0.2) is 11.5 Å². The molecule has 1 aromatic heterocycles. The van der Waals surface area contributed by atoms with Gasteiger partial charge < -0.3 is 18.7 Å². The molecule has 0 spiro atoms. The zero-order valence-electron chi connectivity index (χ0n) is 19.5. The molecule has 5 rings (SSSR count). The van der Waals surface area contributed by atoms with Gasteiger partial charge >= 0.3 is 0 Å². The molecule has 0 saturated carbocycles. The van der Waals surface area contributed by atoms with E-state index in [2.05, 4.69) is 51.4 Å². The third-order valence-electron chi connectivity index (χ3n) is 6.24. The Balaban J connectivity index is 1.47. The number of ether oxygens (including phenoxy) is 3. The van der Waals surface area contributed by atoms with E-state index in [0.717, 1.165) is 35.8 Å². The van der Waals surface area contributed by atoms with Gasteiger partial charge in [-0.1, -0.05) is 35.5 Å². The summed E-state index contributed by atoms with van der Waals surface area (Å²) >= 11 is 0. The van der Waals surface area contributed by atoms with Crippen molar-refractivity contribution >= 4 is 0 Å². The van der Waals surface area contributed by atoms with Gasteiger partial charge in [-0.25, -0.2) is 0 Å². The first-order valence-electron chi connectivity index (χ1n) is 11.2. The van der Waals surface area contributed by atoms with Crippen molar-refractivity contribution in [1.29, 1.82) is 0 Å². The topological polar surface area (TPSA) is 69.9 Å². The van der Waals surface area contributed by atoms with Gasteiger partial charge in [0.25, 0.3) is 0 Å². The lowest BCUT2D eigenvalue weighted by Crippen LogP contribution is -2.35. The second-order valence-electron chi connectivity index (χ2n) is 8.18. The molecule has 0 N–H and O–H groups in total. The van der Waals surface area contributed by atoms with E-state index >= 15 is 0 Å². The Kier molecular flexibility index (Phi) is 6.18. The van der Waals surface area contributed by atoms with Crippen LogP contribution in [0.3, 0.4) is 0 Å². The Hall–Kier alpha value is -3.84. The van der Waals surface area contributed by atoms with Crippen LogP contribution in [0.15, 0.2) is 71.3 Å². The second kappa shape index (κ2) is 9.57. The molecule has 3 aromatic carbocycles. The summed E-state index contributed by atoms with van der Waals surface area (Å²) in [5, 5.41) is 4.21. The molecule has 0 fully saturated rings. The molecule has 0 amide bonds. The van der Waals surface area contributed by atoms with Crippen LogP contribution in [-0.4, -0.2) is 42.9 Å². The minimum atomic E-state index is 0.0288. The highest BCUT2D eigenvalue weighted by Gasteiger charge is 2.31. The van der Waals surface area contributed by atoms with Crippen LogP contribution < -0.4 is 14.2 Å². The first-order valence-corrected chi connectivity index (χ1v) is 11.2. The fourth-order valence-electron chi connectivity index (χ4n) is 4.54. The molecule has 34 heavy (non-hydrogen) atoms. The van der Waals surface area contributed by atoms with Crippen LogP contribution in [0.2, 0.25) is 0 Å². The zero-order valence-corrected chi connectivity index (χ0v) is 19.5. The van der Waals surface area contributed by atoms with E-state index in [4.69, 9.17) is 18.7 Å². The third-order valence-corrected chi connectivity index (χ3v) is 6.24. The summed E-state index contributed by atoms with van der Waals surface area (Å²) in [6.45, 7) is 1.39. The second-order valence-corrected chi connectivity index (χ2v) is 8.18. The maximum Gasteiger partial charge on any atom is 0.241 e. The maximum atomic E-state index is 5.65. The van der Waals surface area contributed by atoms with Gasteiger partial charge in [0.1, 0.15) is 5.75 Å². The van der Waals surface area contributed by atoms with Crippen molar-refractivity contribution in [2.24, 2.45) is 0 Å². The summed E-state index contributed by atoms with van der Waals surface area (Å²) < 4.78 is 22.1. The largest absolute Gasteiger partial charge is 0.497 e. The maximum absolute atomic E-state index is 5.65. The molecule has 2 heterocycles. The van der Waals surface area contributed by atoms with Crippen molar-refractivity contribution in [2.75, 3.05) is 27.9 Å². The molecule has 7 heteroatoms. The summed E-state index contributed by atoms with van der Waals surface area (Å²) in [6.07, 6.45) is 0.887. The van der Waals surface area contributed by atoms with Crippen molar-refractivity contribution < 1.29 is 18.7 Å². The first kappa shape index (κ1) is 22.0. The van der Waals surface area contributed by atoms with Crippen molar-refractivity contribution in [3.63, 3.8) is 0 Å². The summed E-state index contributed by atoms with van der Waals surface area (Å²) in [5.74, 6) is 3.41. The SMILES string of the molecule is COc1ccc(-c2noc(CN3CCc4cc(OC)c(OC)cc4C3c3ccccc3)n2)cc1. The molecule has 4 aromatic rings. The normalized spacial score (nSPS) is 15.6. The van der Waals surface area contributed by atoms with Gasteiger partial charge in [0, 0.05) is 12.1 Å².